The zero-order chi connectivity index (χ0) is 16.8. The van der Waals surface area contributed by atoms with E-state index in [0.29, 0.717) is 0 Å². The molecule has 0 heterocycles. The molecule has 0 spiro atoms. The van der Waals surface area contributed by atoms with Gasteiger partial charge in [0.25, 0.3) is 0 Å². The van der Waals surface area contributed by atoms with Crippen LogP contribution < -0.4 is 10.4 Å². The normalized spacial score (nSPS) is 8.63. The van der Waals surface area contributed by atoms with Gasteiger partial charge in [-0.25, -0.2) is 0 Å². The summed E-state index contributed by atoms with van der Waals surface area (Å²) in [7, 11) is 0.271. The van der Waals surface area contributed by atoms with Crippen molar-refractivity contribution in [2.75, 3.05) is 0 Å². The van der Waals surface area contributed by atoms with Crippen LogP contribution in [0.3, 0.4) is 0 Å². The Balaban J connectivity index is -0.000000381. The number of hydrogen-bond donors (Lipinski definition) is 0. The maximum atomic E-state index is 2.20. The van der Waals surface area contributed by atoms with Crippen molar-refractivity contribution in [2.24, 2.45) is 0 Å². The van der Waals surface area contributed by atoms with Gasteiger partial charge in [0.05, 0.1) is 0 Å². The second kappa shape index (κ2) is 14.7. The van der Waals surface area contributed by atoms with E-state index in [2.05, 4.69) is 95.3 Å². The Morgan fingerprint density at radius 2 is 0.889 bits per heavy atom. The molecule has 0 amide bonds. The minimum atomic E-state index is 0. The molecule has 1 radical (unpaired) electrons. The molecule has 0 atom stereocenters. The van der Waals surface area contributed by atoms with E-state index in [0.717, 1.165) is 0 Å². The first-order valence-corrected chi connectivity index (χ1v) is 9.30. The van der Waals surface area contributed by atoms with Gasteiger partial charge in [-0.2, -0.15) is 27.8 Å². The van der Waals surface area contributed by atoms with Crippen LogP contribution in [-0.2, 0) is 21.7 Å². The van der Waals surface area contributed by atoms with Crippen molar-refractivity contribution >= 4 is 19.9 Å². The summed E-state index contributed by atoms with van der Waals surface area (Å²) in [5.74, 6) is 0. The fourth-order valence-corrected chi connectivity index (χ4v) is 3.91. The summed E-state index contributed by atoms with van der Waals surface area (Å²) in [5, 5.41) is 2.90. The summed E-state index contributed by atoms with van der Waals surface area (Å²) >= 11 is 0. The van der Waals surface area contributed by atoms with E-state index < -0.39 is 0 Å². The topological polar surface area (TPSA) is 0 Å². The first kappa shape index (κ1) is 30.4. The number of hydrogen-bond acceptors (Lipinski definition) is 0. The zero-order valence-corrected chi connectivity index (χ0v) is 21.1. The molecule has 3 aromatic carbocycles. The Hall–Kier alpha value is -1.28. The Bertz CT molecular complexity index is 625. The van der Waals surface area contributed by atoms with E-state index in [1.54, 1.807) is 0 Å². The Labute approximate surface area is 186 Å². The summed E-state index contributed by atoms with van der Waals surface area (Å²) in [6.45, 7) is 11.0. The van der Waals surface area contributed by atoms with Crippen LogP contribution in [0.5, 0.6) is 0 Å². The fraction of sp³-hybridized carbons (Fsp3) is 0.200. The van der Waals surface area contributed by atoms with Crippen molar-refractivity contribution in [3.8, 4) is 0 Å². The zero-order valence-electron chi connectivity index (χ0n) is 18.4. The maximum absolute atomic E-state index is 2.20. The molecule has 0 unspecified atom stereocenters. The molecule has 143 valence electrons. The molecule has 0 saturated carbocycles. The third-order valence-electron chi connectivity index (χ3n) is 4.74. The summed E-state index contributed by atoms with van der Waals surface area (Å²) < 4.78 is 0. The van der Waals surface area contributed by atoms with Crippen molar-refractivity contribution in [2.45, 2.75) is 34.6 Å². The van der Waals surface area contributed by atoms with Crippen LogP contribution in [0.2, 0.25) is 0 Å². The predicted octanol–water partition coefficient (Wildman–Crippen LogP) is 5.37. The molecule has 0 bridgehead atoms. The van der Waals surface area contributed by atoms with Crippen molar-refractivity contribution in [1.29, 1.82) is 0 Å². The molecule has 0 nitrogen and oxygen atoms in total. The van der Waals surface area contributed by atoms with Crippen molar-refractivity contribution < 1.29 is 21.7 Å². The van der Waals surface area contributed by atoms with Crippen LogP contribution in [-0.4, -0.2) is 9.52 Å². The standard InChI is InChI=1S/C12H11Si.C10H15.3CH3.Ti/c1-3-7-11(8-4-1)13-12-9-5-2-6-10-12;1-6-7(2)9(4)10(5)8(6)3;;;;/h1-10,13H;1-5H3;3*1H3;/q;4*-1;+4. The largest absolute Gasteiger partial charge is 4.00 e. The quantitative estimate of drug-likeness (QED) is 0.393. The van der Waals surface area contributed by atoms with Crippen molar-refractivity contribution in [3.63, 3.8) is 0 Å². The molecule has 0 N–H and O–H groups in total. The predicted molar refractivity (Wildman–Crippen MR) is 124 cm³/mol. The van der Waals surface area contributed by atoms with E-state index >= 15 is 0 Å². The van der Waals surface area contributed by atoms with Gasteiger partial charge in [0, 0.05) is 0 Å². The summed E-state index contributed by atoms with van der Waals surface area (Å²) in [4.78, 5) is 0. The molecule has 0 fully saturated rings. The monoisotopic (exact) mass is 411 g/mol. The van der Waals surface area contributed by atoms with E-state index in [4.69, 9.17) is 0 Å². The van der Waals surface area contributed by atoms with Crippen LogP contribution in [0, 0.1) is 56.9 Å². The van der Waals surface area contributed by atoms with Gasteiger partial charge in [-0.15, -0.1) is 0 Å². The van der Waals surface area contributed by atoms with E-state index in [1.165, 1.54) is 38.2 Å². The van der Waals surface area contributed by atoms with Crippen molar-refractivity contribution in [1.82, 2.24) is 0 Å². The number of rotatable bonds is 2. The molecule has 27 heavy (non-hydrogen) atoms. The minimum absolute atomic E-state index is 0. The Morgan fingerprint density at radius 1 is 0.593 bits per heavy atom. The molecule has 0 aliphatic heterocycles. The average Bonchev–Trinajstić information content (AvgIpc) is 2.75. The minimum Gasteiger partial charge on any atom is -0.358 e. The van der Waals surface area contributed by atoms with Gasteiger partial charge < -0.3 is 22.3 Å². The molecular weight excluding hydrogens is 376 g/mol. The van der Waals surface area contributed by atoms with Crippen LogP contribution in [0.25, 0.3) is 0 Å². The molecule has 0 aromatic heterocycles. The number of benzene rings is 2. The molecule has 0 aliphatic rings. The summed E-state index contributed by atoms with van der Waals surface area (Å²) in [5.41, 5.74) is 7.34. The molecule has 0 aliphatic carbocycles. The SMILES string of the molecule is Cc1c(C)c(C)[c-](C)c1C.[CH3-].[CH3-].[CH3-].[Ti+4].c1ccc([SiH]c2ccccc2)cc1. The van der Waals surface area contributed by atoms with Gasteiger partial charge in [-0.3, -0.25) is 0 Å². The van der Waals surface area contributed by atoms with E-state index in [9.17, 15) is 0 Å². The van der Waals surface area contributed by atoms with Crippen LogP contribution in [0.15, 0.2) is 60.7 Å². The van der Waals surface area contributed by atoms with Gasteiger partial charge in [0.2, 0.25) is 0 Å². The Morgan fingerprint density at radius 3 is 1.11 bits per heavy atom. The second-order valence-corrected chi connectivity index (χ2v) is 7.71. The van der Waals surface area contributed by atoms with Crippen LogP contribution in [0.4, 0.5) is 0 Å². The maximum Gasteiger partial charge on any atom is 4.00 e. The first-order valence-electron chi connectivity index (χ1n) is 8.15. The summed E-state index contributed by atoms with van der Waals surface area (Å²) in [6, 6.07) is 21.3. The molecular formula is C25H35SiTi. The average molecular weight is 412 g/mol. The van der Waals surface area contributed by atoms with Crippen molar-refractivity contribution in [3.05, 3.63) is 111 Å². The smallest absolute Gasteiger partial charge is 0.358 e. The van der Waals surface area contributed by atoms with Crippen LogP contribution in [0.1, 0.15) is 27.8 Å². The molecule has 0 saturated heterocycles. The Kier molecular flexibility index (Phi) is 16.6. The van der Waals surface area contributed by atoms with Gasteiger partial charge in [0.1, 0.15) is 9.52 Å². The first-order chi connectivity index (χ1) is 11.0. The molecule has 2 heteroatoms. The summed E-state index contributed by atoms with van der Waals surface area (Å²) in [6.07, 6.45) is 0. The van der Waals surface area contributed by atoms with E-state index in [-0.39, 0.29) is 53.5 Å². The molecule has 3 aromatic rings. The molecule has 3 rings (SSSR count). The van der Waals surface area contributed by atoms with Gasteiger partial charge in [-0.1, -0.05) is 106 Å². The van der Waals surface area contributed by atoms with Gasteiger partial charge in [0.15, 0.2) is 0 Å². The van der Waals surface area contributed by atoms with Crippen LogP contribution >= 0.6 is 0 Å². The second-order valence-electron chi connectivity index (χ2n) is 6.09. The van der Waals surface area contributed by atoms with Gasteiger partial charge >= 0.3 is 21.7 Å². The fourth-order valence-electron chi connectivity index (χ4n) is 2.70. The van der Waals surface area contributed by atoms with E-state index in [1.807, 2.05) is 0 Å². The van der Waals surface area contributed by atoms with Gasteiger partial charge in [-0.05, 0) is 0 Å². The third kappa shape index (κ3) is 8.51. The third-order valence-corrected chi connectivity index (χ3v) is 6.18.